The fourth-order valence-corrected chi connectivity index (χ4v) is 2.97. The summed E-state index contributed by atoms with van der Waals surface area (Å²) in [6, 6.07) is 14.2. The van der Waals surface area contributed by atoms with Gasteiger partial charge in [-0.15, -0.1) is 0 Å². The molecule has 24 heavy (non-hydrogen) atoms. The number of amides is 1. The molecule has 3 rings (SSSR count). The molecule has 1 N–H and O–H groups in total. The lowest BCUT2D eigenvalue weighted by Gasteiger charge is -2.38. The summed E-state index contributed by atoms with van der Waals surface area (Å²) in [6.07, 6.45) is 3.63. The average Bonchev–Trinajstić information content (AvgIpc) is 2.62. The maximum atomic E-state index is 12.4. The Morgan fingerprint density at radius 2 is 2.12 bits per heavy atom. The molecule has 126 valence electrons. The lowest BCUT2D eigenvalue weighted by molar-refractivity contribution is -0.126. The summed E-state index contributed by atoms with van der Waals surface area (Å²) in [6.45, 7) is 4.28. The predicted molar refractivity (Wildman–Crippen MR) is 92.3 cm³/mol. The molecule has 2 aromatic rings. The van der Waals surface area contributed by atoms with Crippen LogP contribution in [0.5, 0.6) is 0 Å². The first-order valence-corrected chi connectivity index (χ1v) is 8.28. The van der Waals surface area contributed by atoms with Crippen molar-refractivity contribution in [1.82, 2.24) is 15.2 Å². The van der Waals surface area contributed by atoms with Gasteiger partial charge in [0.2, 0.25) is 5.91 Å². The molecule has 1 aromatic carbocycles. The van der Waals surface area contributed by atoms with Crippen LogP contribution in [0, 0.1) is 0 Å². The summed E-state index contributed by atoms with van der Waals surface area (Å²) in [5.41, 5.74) is 2.19. The number of nitrogens with zero attached hydrogens (tertiary/aromatic N) is 2. The van der Waals surface area contributed by atoms with Crippen molar-refractivity contribution in [2.24, 2.45) is 0 Å². The fourth-order valence-electron chi connectivity index (χ4n) is 2.97. The number of hydrogen-bond acceptors (Lipinski definition) is 4. The molecule has 1 saturated heterocycles. The number of morpholine rings is 1. The van der Waals surface area contributed by atoms with Crippen LogP contribution >= 0.6 is 0 Å². The molecule has 2 unspecified atom stereocenters. The van der Waals surface area contributed by atoms with Gasteiger partial charge >= 0.3 is 0 Å². The van der Waals surface area contributed by atoms with Crippen molar-refractivity contribution >= 4 is 5.91 Å². The molecule has 1 aliphatic rings. The van der Waals surface area contributed by atoms with Gasteiger partial charge < -0.3 is 10.1 Å². The van der Waals surface area contributed by atoms with Crippen LogP contribution < -0.4 is 5.32 Å². The molecule has 2 atom stereocenters. The van der Waals surface area contributed by atoms with E-state index in [1.165, 1.54) is 5.56 Å². The Bertz CT molecular complexity index is 648. The minimum atomic E-state index is 0.0221. The largest absolute Gasteiger partial charge is 0.375 e. The zero-order valence-electron chi connectivity index (χ0n) is 13.9. The van der Waals surface area contributed by atoms with Crippen LogP contribution in [0.1, 0.15) is 24.1 Å². The number of hydrogen-bond donors (Lipinski definition) is 1. The minimum absolute atomic E-state index is 0.0221. The van der Waals surface area contributed by atoms with Gasteiger partial charge in [-0.1, -0.05) is 36.4 Å². The highest BCUT2D eigenvalue weighted by Crippen LogP contribution is 2.25. The SMILES string of the molecule is CC1CN(CC(=O)NCc2cccnc2)C(c2ccccc2)CO1. The number of nitrogens with one attached hydrogen (secondary N) is 1. The number of pyridine rings is 1. The molecule has 5 nitrogen and oxygen atoms in total. The van der Waals surface area contributed by atoms with Crippen molar-refractivity contribution in [3.8, 4) is 0 Å². The van der Waals surface area contributed by atoms with E-state index in [4.69, 9.17) is 4.74 Å². The summed E-state index contributed by atoms with van der Waals surface area (Å²) < 4.78 is 5.80. The smallest absolute Gasteiger partial charge is 0.234 e. The predicted octanol–water partition coefficient (Wildman–Crippen LogP) is 2.16. The van der Waals surface area contributed by atoms with Crippen molar-refractivity contribution in [3.05, 3.63) is 66.0 Å². The van der Waals surface area contributed by atoms with Crippen LogP contribution in [0.15, 0.2) is 54.9 Å². The van der Waals surface area contributed by atoms with E-state index < -0.39 is 0 Å². The van der Waals surface area contributed by atoms with Gasteiger partial charge in [0, 0.05) is 25.5 Å². The lowest BCUT2D eigenvalue weighted by atomic mass is 10.0. The van der Waals surface area contributed by atoms with Gasteiger partial charge in [0.05, 0.1) is 25.3 Å². The van der Waals surface area contributed by atoms with E-state index in [2.05, 4.69) is 27.3 Å². The molecule has 1 fully saturated rings. The van der Waals surface area contributed by atoms with Crippen molar-refractivity contribution in [3.63, 3.8) is 0 Å². The highest BCUT2D eigenvalue weighted by atomic mass is 16.5. The van der Waals surface area contributed by atoms with Gasteiger partial charge in [-0.2, -0.15) is 0 Å². The first-order chi connectivity index (χ1) is 11.7. The maximum Gasteiger partial charge on any atom is 0.234 e. The quantitative estimate of drug-likeness (QED) is 0.915. The van der Waals surface area contributed by atoms with E-state index in [9.17, 15) is 4.79 Å². The number of benzene rings is 1. The number of carbonyl (C=O) groups is 1. The van der Waals surface area contributed by atoms with E-state index in [-0.39, 0.29) is 18.1 Å². The topological polar surface area (TPSA) is 54.5 Å². The van der Waals surface area contributed by atoms with E-state index in [0.29, 0.717) is 19.7 Å². The molecule has 0 saturated carbocycles. The van der Waals surface area contributed by atoms with E-state index in [1.54, 1.807) is 12.4 Å². The fraction of sp³-hybridized carbons (Fsp3) is 0.368. The molecular weight excluding hydrogens is 302 g/mol. The Labute approximate surface area is 142 Å². The molecule has 0 radical (unpaired) electrons. The Balaban J connectivity index is 1.61. The highest BCUT2D eigenvalue weighted by molar-refractivity contribution is 5.78. The highest BCUT2D eigenvalue weighted by Gasteiger charge is 2.29. The zero-order chi connectivity index (χ0) is 16.8. The molecule has 2 heterocycles. The second-order valence-corrected chi connectivity index (χ2v) is 6.14. The molecule has 5 heteroatoms. The van der Waals surface area contributed by atoms with E-state index in [0.717, 1.165) is 12.1 Å². The summed E-state index contributed by atoms with van der Waals surface area (Å²) in [5, 5.41) is 2.97. The summed E-state index contributed by atoms with van der Waals surface area (Å²) in [5.74, 6) is 0.0221. The van der Waals surface area contributed by atoms with Gasteiger partial charge in [-0.25, -0.2) is 0 Å². The Morgan fingerprint density at radius 3 is 2.88 bits per heavy atom. The summed E-state index contributed by atoms with van der Waals surface area (Å²) in [7, 11) is 0. The average molecular weight is 325 g/mol. The minimum Gasteiger partial charge on any atom is -0.375 e. The zero-order valence-corrected chi connectivity index (χ0v) is 13.9. The molecular formula is C19H23N3O2. The second-order valence-electron chi connectivity index (χ2n) is 6.14. The normalized spacial score (nSPS) is 21.4. The van der Waals surface area contributed by atoms with Crippen LogP contribution in [-0.2, 0) is 16.1 Å². The molecule has 0 bridgehead atoms. The Morgan fingerprint density at radius 1 is 1.29 bits per heavy atom. The van der Waals surface area contributed by atoms with Gasteiger partial charge in [-0.05, 0) is 24.1 Å². The van der Waals surface area contributed by atoms with Crippen LogP contribution in [0.25, 0.3) is 0 Å². The second kappa shape index (κ2) is 8.04. The van der Waals surface area contributed by atoms with Crippen LogP contribution in [0.2, 0.25) is 0 Å². The van der Waals surface area contributed by atoms with Crippen molar-refractivity contribution in [1.29, 1.82) is 0 Å². The summed E-state index contributed by atoms with van der Waals surface area (Å²) >= 11 is 0. The number of ether oxygens (including phenoxy) is 1. The molecule has 0 aliphatic carbocycles. The Kier molecular flexibility index (Phi) is 5.56. The van der Waals surface area contributed by atoms with Crippen LogP contribution in [-0.4, -0.2) is 41.6 Å². The third kappa shape index (κ3) is 4.40. The lowest BCUT2D eigenvalue weighted by Crippen LogP contribution is -2.47. The Hall–Kier alpha value is -2.24. The van der Waals surface area contributed by atoms with Gasteiger partial charge in [0.1, 0.15) is 0 Å². The third-order valence-corrected chi connectivity index (χ3v) is 4.21. The number of carbonyl (C=O) groups excluding carboxylic acids is 1. The standard InChI is InChI=1S/C19H23N3O2/c1-15-12-22(18(14-24-15)17-7-3-2-4-8-17)13-19(23)21-11-16-6-5-9-20-10-16/h2-10,15,18H,11-14H2,1H3,(H,21,23). The maximum absolute atomic E-state index is 12.4. The first-order valence-electron chi connectivity index (χ1n) is 8.28. The van der Waals surface area contributed by atoms with E-state index >= 15 is 0 Å². The molecule has 0 spiro atoms. The first kappa shape index (κ1) is 16.6. The van der Waals surface area contributed by atoms with Crippen molar-refractivity contribution < 1.29 is 9.53 Å². The molecule has 1 amide bonds. The van der Waals surface area contributed by atoms with Crippen LogP contribution in [0.3, 0.4) is 0 Å². The van der Waals surface area contributed by atoms with Gasteiger partial charge in [0.15, 0.2) is 0 Å². The van der Waals surface area contributed by atoms with Crippen LogP contribution in [0.4, 0.5) is 0 Å². The number of aromatic nitrogens is 1. The van der Waals surface area contributed by atoms with Gasteiger partial charge in [-0.3, -0.25) is 14.7 Å². The third-order valence-electron chi connectivity index (χ3n) is 4.21. The number of rotatable bonds is 5. The van der Waals surface area contributed by atoms with E-state index in [1.807, 2.05) is 37.3 Å². The van der Waals surface area contributed by atoms with Crippen molar-refractivity contribution in [2.75, 3.05) is 19.7 Å². The molecule has 1 aromatic heterocycles. The van der Waals surface area contributed by atoms with Gasteiger partial charge in [0.25, 0.3) is 0 Å². The summed E-state index contributed by atoms with van der Waals surface area (Å²) in [4.78, 5) is 18.6. The van der Waals surface area contributed by atoms with Crippen molar-refractivity contribution in [2.45, 2.75) is 25.6 Å². The molecule has 1 aliphatic heterocycles. The monoisotopic (exact) mass is 325 g/mol.